The monoisotopic (exact) mass is 305 g/mol. The summed E-state index contributed by atoms with van der Waals surface area (Å²) in [6, 6.07) is 4.36. The molecule has 0 amide bonds. The lowest BCUT2D eigenvalue weighted by atomic mass is 9.94. The van der Waals surface area contributed by atoms with Crippen LogP contribution in [0.2, 0.25) is 0 Å². The number of rotatable bonds is 8. The van der Waals surface area contributed by atoms with E-state index in [0.29, 0.717) is 11.8 Å². The molecule has 124 valence electrons. The quantitative estimate of drug-likeness (QED) is 0.721. The van der Waals surface area contributed by atoms with Crippen LogP contribution in [-0.2, 0) is 6.42 Å². The molecule has 3 heteroatoms. The molecule has 3 nitrogen and oxygen atoms in total. The number of benzene rings is 1. The fraction of sp³-hybridized carbons (Fsp3) is 0.684. The maximum atomic E-state index is 5.47. The molecule has 2 rings (SSSR count). The highest BCUT2D eigenvalue weighted by atomic mass is 16.5. The third-order valence-electron chi connectivity index (χ3n) is 4.90. The molecule has 0 N–H and O–H groups in total. The summed E-state index contributed by atoms with van der Waals surface area (Å²) in [5.74, 6) is 3.00. The highest BCUT2D eigenvalue weighted by Gasteiger charge is 2.31. The van der Waals surface area contributed by atoms with Crippen molar-refractivity contribution < 1.29 is 9.47 Å². The van der Waals surface area contributed by atoms with Gasteiger partial charge in [0.15, 0.2) is 11.5 Å². The summed E-state index contributed by atoms with van der Waals surface area (Å²) >= 11 is 0. The minimum Gasteiger partial charge on any atom is -0.493 e. The molecule has 0 saturated heterocycles. The predicted molar refractivity (Wildman–Crippen MR) is 92.2 cm³/mol. The van der Waals surface area contributed by atoms with E-state index in [2.05, 4.69) is 37.8 Å². The molecule has 2 atom stereocenters. The van der Waals surface area contributed by atoms with Gasteiger partial charge in [-0.15, -0.1) is 0 Å². The Bertz CT molecular complexity index is 481. The van der Waals surface area contributed by atoms with E-state index in [1.165, 1.54) is 43.6 Å². The lowest BCUT2D eigenvalue weighted by molar-refractivity contribution is 0.222. The van der Waals surface area contributed by atoms with Crippen molar-refractivity contribution in [3.05, 3.63) is 23.3 Å². The molecule has 0 saturated carbocycles. The van der Waals surface area contributed by atoms with Gasteiger partial charge in [0, 0.05) is 6.54 Å². The molecule has 0 heterocycles. The van der Waals surface area contributed by atoms with Crippen LogP contribution < -0.4 is 9.47 Å². The molecule has 0 aromatic heterocycles. The maximum absolute atomic E-state index is 5.47. The molecular formula is C19H31NO2. The SMILES string of the molecule is CCCN(CCC)C[C@@H]1Cc2cc(OC)c(OC)cc2[C@@H]1C. The lowest BCUT2D eigenvalue weighted by Crippen LogP contribution is -2.32. The van der Waals surface area contributed by atoms with Crippen LogP contribution >= 0.6 is 0 Å². The Morgan fingerprint density at radius 1 is 1.05 bits per heavy atom. The number of hydrogen-bond acceptors (Lipinski definition) is 3. The van der Waals surface area contributed by atoms with Crippen LogP contribution in [0.25, 0.3) is 0 Å². The summed E-state index contributed by atoms with van der Waals surface area (Å²) in [6.07, 6.45) is 3.62. The van der Waals surface area contributed by atoms with Gasteiger partial charge in [0.2, 0.25) is 0 Å². The molecular weight excluding hydrogens is 274 g/mol. The van der Waals surface area contributed by atoms with Crippen LogP contribution in [0.3, 0.4) is 0 Å². The first-order valence-electron chi connectivity index (χ1n) is 8.61. The average Bonchev–Trinajstić information content (AvgIpc) is 2.82. The summed E-state index contributed by atoms with van der Waals surface area (Å²) in [5, 5.41) is 0. The Labute approximate surface area is 135 Å². The second-order valence-corrected chi connectivity index (χ2v) is 6.46. The summed E-state index contributed by atoms with van der Waals surface area (Å²) in [6.45, 7) is 10.5. The van der Waals surface area contributed by atoms with E-state index in [9.17, 15) is 0 Å². The topological polar surface area (TPSA) is 21.7 Å². The van der Waals surface area contributed by atoms with Crippen LogP contribution in [0.4, 0.5) is 0 Å². The van der Waals surface area contributed by atoms with Crippen LogP contribution in [0.15, 0.2) is 12.1 Å². The number of ether oxygens (including phenoxy) is 2. The molecule has 0 aliphatic heterocycles. The van der Waals surface area contributed by atoms with E-state index in [1.807, 2.05) is 0 Å². The summed E-state index contributed by atoms with van der Waals surface area (Å²) in [5.41, 5.74) is 2.87. The smallest absolute Gasteiger partial charge is 0.161 e. The molecule has 22 heavy (non-hydrogen) atoms. The molecule has 1 aromatic rings. The van der Waals surface area contributed by atoms with Gasteiger partial charge in [-0.05, 0) is 67.4 Å². The van der Waals surface area contributed by atoms with Crippen molar-refractivity contribution in [2.75, 3.05) is 33.9 Å². The molecule has 1 aliphatic carbocycles. The number of methoxy groups -OCH3 is 2. The molecule has 0 bridgehead atoms. The van der Waals surface area contributed by atoms with Gasteiger partial charge in [0.25, 0.3) is 0 Å². The third-order valence-corrected chi connectivity index (χ3v) is 4.90. The van der Waals surface area contributed by atoms with Crippen molar-refractivity contribution in [2.24, 2.45) is 5.92 Å². The Kier molecular flexibility index (Phi) is 6.13. The van der Waals surface area contributed by atoms with Gasteiger partial charge < -0.3 is 14.4 Å². The highest BCUT2D eigenvalue weighted by molar-refractivity contribution is 5.50. The van der Waals surface area contributed by atoms with Gasteiger partial charge in [-0.25, -0.2) is 0 Å². The summed E-state index contributed by atoms with van der Waals surface area (Å²) in [4.78, 5) is 2.63. The van der Waals surface area contributed by atoms with Crippen LogP contribution in [0.1, 0.15) is 50.7 Å². The third kappa shape index (κ3) is 3.57. The Morgan fingerprint density at radius 2 is 1.64 bits per heavy atom. The number of fused-ring (bicyclic) bond motifs is 1. The summed E-state index contributed by atoms with van der Waals surface area (Å²) < 4.78 is 10.9. The highest BCUT2D eigenvalue weighted by Crippen LogP contribution is 2.43. The molecule has 1 aliphatic rings. The van der Waals surface area contributed by atoms with Crippen molar-refractivity contribution in [2.45, 2.75) is 46.0 Å². The normalized spacial score (nSPS) is 20.3. The van der Waals surface area contributed by atoms with Gasteiger partial charge in [-0.2, -0.15) is 0 Å². The first-order chi connectivity index (χ1) is 10.6. The minimum atomic E-state index is 0.589. The van der Waals surface area contributed by atoms with Crippen LogP contribution in [-0.4, -0.2) is 38.8 Å². The zero-order valence-corrected chi connectivity index (χ0v) is 14.8. The first kappa shape index (κ1) is 17.1. The standard InChI is InChI=1S/C19H31NO2/c1-6-8-20(9-7-2)13-16-10-15-11-18(21-4)19(22-5)12-17(15)14(16)3/h11-12,14,16H,6-10,13H2,1-5H3/t14-,16+/m1/s1. The van der Waals surface area contributed by atoms with Crippen molar-refractivity contribution in [1.82, 2.24) is 4.90 Å². The molecule has 0 spiro atoms. The largest absolute Gasteiger partial charge is 0.493 e. The van der Waals surface area contributed by atoms with Gasteiger partial charge in [-0.1, -0.05) is 20.8 Å². The predicted octanol–water partition coefficient (Wildman–Crippen LogP) is 4.10. The molecule has 0 unspecified atom stereocenters. The second kappa shape index (κ2) is 7.87. The second-order valence-electron chi connectivity index (χ2n) is 6.46. The number of hydrogen-bond donors (Lipinski definition) is 0. The van der Waals surface area contributed by atoms with Crippen molar-refractivity contribution in [3.63, 3.8) is 0 Å². The zero-order chi connectivity index (χ0) is 16.1. The fourth-order valence-corrected chi connectivity index (χ4v) is 3.73. The van der Waals surface area contributed by atoms with Gasteiger partial charge in [0.1, 0.15) is 0 Å². The zero-order valence-electron chi connectivity index (χ0n) is 14.8. The molecule has 0 radical (unpaired) electrons. The van der Waals surface area contributed by atoms with E-state index in [0.717, 1.165) is 17.9 Å². The lowest BCUT2D eigenvalue weighted by Gasteiger charge is -2.27. The number of nitrogens with zero attached hydrogens (tertiary/aromatic N) is 1. The first-order valence-corrected chi connectivity index (χ1v) is 8.61. The van der Waals surface area contributed by atoms with Gasteiger partial charge in [0.05, 0.1) is 14.2 Å². The molecule has 0 fully saturated rings. The summed E-state index contributed by atoms with van der Waals surface area (Å²) in [7, 11) is 3.43. The van der Waals surface area contributed by atoms with Crippen molar-refractivity contribution >= 4 is 0 Å². The van der Waals surface area contributed by atoms with Gasteiger partial charge >= 0.3 is 0 Å². The van der Waals surface area contributed by atoms with Crippen molar-refractivity contribution in [1.29, 1.82) is 0 Å². The van der Waals surface area contributed by atoms with E-state index < -0.39 is 0 Å². The Morgan fingerprint density at radius 3 is 2.18 bits per heavy atom. The van der Waals surface area contributed by atoms with E-state index >= 15 is 0 Å². The fourth-order valence-electron chi connectivity index (χ4n) is 3.73. The van der Waals surface area contributed by atoms with E-state index in [-0.39, 0.29) is 0 Å². The van der Waals surface area contributed by atoms with E-state index in [4.69, 9.17) is 9.47 Å². The van der Waals surface area contributed by atoms with E-state index in [1.54, 1.807) is 14.2 Å². The Hall–Kier alpha value is -1.22. The average molecular weight is 305 g/mol. The van der Waals surface area contributed by atoms with Crippen LogP contribution in [0.5, 0.6) is 11.5 Å². The maximum Gasteiger partial charge on any atom is 0.161 e. The molecule has 1 aromatic carbocycles. The Balaban J connectivity index is 2.15. The van der Waals surface area contributed by atoms with Crippen LogP contribution in [0, 0.1) is 5.92 Å². The van der Waals surface area contributed by atoms with Crippen molar-refractivity contribution in [3.8, 4) is 11.5 Å². The van der Waals surface area contributed by atoms with Gasteiger partial charge in [-0.3, -0.25) is 0 Å². The minimum absolute atomic E-state index is 0.589.